The van der Waals surface area contributed by atoms with Crippen LogP contribution in [0.2, 0.25) is 0 Å². The van der Waals surface area contributed by atoms with Crippen molar-refractivity contribution in [3.63, 3.8) is 0 Å². The summed E-state index contributed by atoms with van der Waals surface area (Å²) in [4.78, 5) is 29.7. The van der Waals surface area contributed by atoms with Crippen LogP contribution in [0, 0.1) is 11.3 Å². The van der Waals surface area contributed by atoms with Crippen LogP contribution in [0.3, 0.4) is 0 Å². The molecule has 4 heterocycles. The lowest BCUT2D eigenvalue weighted by Crippen LogP contribution is -2.43. The monoisotopic (exact) mass is 354 g/mol. The molecule has 3 fully saturated rings. The van der Waals surface area contributed by atoms with Crippen molar-refractivity contribution in [3.8, 4) is 0 Å². The summed E-state index contributed by atoms with van der Waals surface area (Å²) in [7, 11) is 0. The number of nitrogens with zero attached hydrogens (tertiary/aromatic N) is 4. The first-order valence-corrected chi connectivity index (χ1v) is 9.77. The standard InChI is InChI=1S/C19H26N6O/c26-18(14-1-6-20-7-2-14)25-10-9-24(11-19(12-25)4-5-19)17-15-3-8-21-16(15)22-13-23-17/h3,8,13-14,20H,1-2,4-7,9-12H2,(H,21,22,23). The van der Waals surface area contributed by atoms with E-state index in [0.717, 1.165) is 69.0 Å². The number of hydrogen-bond acceptors (Lipinski definition) is 5. The highest BCUT2D eigenvalue weighted by Gasteiger charge is 2.48. The summed E-state index contributed by atoms with van der Waals surface area (Å²) in [5.41, 5.74) is 1.14. The van der Waals surface area contributed by atoms with Crippen LogP contribution in [-0.2, 0) is 4.79 Å². The van der Waals surface area contributed by atoms with Crippen molar-refractivity contribution in [2.75, 3.05) is 44.2 Å². The maximum Gasteiger partial charge on any atom is 0.225 e. The summed E-state index contributed by atoms with van der Waals surface area (Å²) in [6, 6.07) is 2.05. The van der Waals surface area contributed by atoms with E-state index in [1.807, 2.05) is 12.3 Å². The Hall–Kier alpha value is -2.15. The second kappa shape index (κ2) is 6.23. The third kappa shape index (κ3) is 2.84. The number of aromatic amines is 1. The van der Waals surface area contributed by atoms with Crippen LogP contribution in [0.5, 0.6) is 0 Å². The van der Waals surface area contributed by atoms with Crippen LogP contribution >= 0.6 is 0 Å². The van der Waals surface area contributed by atoms with Crippen molar-refractivity contribution in [2.24, 2.45) is 11.3 Å². The summed E-state index contributed by atoms with van der Waals surface area (Å²) in [5.74, 6) is 1.57. The molecule has 1 aliphatic carbocycles. The van der Waals surface area contributed by atoms with E-state index in [4.69, 9.17) is 0 Å². The van der Waals surface area contributed by atoms with Gasteiger partial charge in [-0.15, -0.1) is 0 Å². The van der Waals surface area contributed by atoms with Gasteiger partial charge in [-0.1, -0.05) is 0 Å². The number of aromatic nitrogens is 3. The predicted molar refractivity (Wildman–Crippen MR) is 99.9 cm³/mol. The Kier molecular flexibility index (Phi) is 3.85. The molecular weight excluding hydrogens is 328 g/mol. The maximum absolute atomic E-state index is 13.1. The molecule has 3 aliphatic rings. The zero-order valence-electron chi connectivity index (χ0n) is 15.1. The molecule has 1 spiro atoms. The van der Waals surface area contributed by atoms with Gasteiger partial charge in [-0.25, -0.2) is 9.97 Å². The number of H-pyrrole nitrogens is 1. The molecule has 2 aliphatic heterocycles. The fourth-order valence-electron chi connectivity index (χ4n) is 4.56. The quantitative estimate of drug-likeness (QED) is 0.852. The molecule has 0 aromatic carbocycles. The number of nitrogens with one attached hydrogen (secondary N) is 2. The maximum atomic E-state index is 13.1. The Bertz CT molecular complexity index is 807. The lowest BCUT2D eigenvalue weighted by Gasteiger charge is -2.30. The van der Waals surface area contributed by atoms with Crippen molar-refractivity contribution < 1.29 is 4.79 Å². The van der Waals surface area contributed by atoms with Gasteiger partial charge < -0.3 is 20.1 Å². The minimum Gasteiger partial charge on any atom is -0.354 e. The Morgan fingerprint density at radius 1 is 1.15 bits per heavy atom. The van der Waals surface area contributed by atoms with Crippen LogP contribution in [0.1, 0.15) is 25.7 Å². The minimum atomic E-state index is 0.203. The van der Waals surface area contributed by atoms with Crippen molar-refractivity contribution in [3.05, 3.63) is 18.6 Å². The molecule has 2 saturated heterocycles. The van der Waals surface area contributed by atoms with Gasteiger partial charge >= 0.3 is 0 Å². The molecule has 0 atom stereocenters. The number of carbonyl (C=O) groups is 1. The van der Waals surface area contributed by atoms with E-state index in [9.17, 15) is 4.79 Å². The molecule has 5 rings (SSSR count). The van der Waals surface area contributed by atoms with Crippen molar-refractivity contribution in [1.82, 2.24) is 25.2 Å². The van der Waals surface area contributed by atoms with Gasteiger partial charge in [-0.2, -0.15) is 0 Å². The highest BCUT2D eigenvalue weighted by molar-refractivity contribution is 5.87. The summed E-state index contributed by atoms with van der Waals surface area (Å²) in [5, 5.41) is 4.43. The van der Waals surface area contributed by atoms with Crippen LogP contribution < -0.4 is 10.2 Å². The average Bonchev–Trinajstić information content (AvgIpc) is 3.32. The summed E-state index contributed by atoms with van der Waals surface area (Å²) in [6.45, 7) is 5.46. The van der Waals surface area contributed by atoms with Crippen molar-refractivity contribution in [2.45, 2.75) is 25.7 Å². The molecule has 7 heteroatoms. The summed E-state index contributed by atoms with van der Waals surface area (Å²) < 4.78 is 0. The number of piperidine rings is 1. The van der Waals surface area contributed by atoms with Gasteiger partial charge in [-0.05, 0) is 44.8 Å². The zero-order valence-corrected chi connectivity index (χ0v) is 15.1. The lowest BCUT2D eigenvalue weighted by atomic mass is 9.96. The molecule has 7 nitrogen and oxygen atoms in total. The molecule has 0 bridgehead atoms. The first kappa shape index (κ1) is 16.1. The largest absolute Gasteiger partial charge is 0.354 e. The molecule has 2 N–H and O–H groups in total. The molecular formula is C19H26N6O. The van der Waals surface area contributed by atoms with Gasteiger partial charge in [-0.3, -0.25) is 4.79 Å². The molecule has 2 aromatic rings. The Morgan fingerprint density at radius 3 is 2.81 bits per heavy atom. The minimum absolute atomic E-state index is 0.203. The SMILES string of the molecule is O=C(C1CCNCC1)N1CCN(c2ncnc3[nH]ccc23)CC2(CC2)C1. The van der Waals surface area contributed by atoms with E-state index in [1.165, 1.54) is 12.8 Å². The van der Waals surface area contributed by atoms with Crippen LogP contribution in [0.15, 0.2) is 18.6 Å². The van der Waals surface area contributed by atoms with E-state index in [0.29, 0.717) is 5.91 Å². The van der Waals surface area contributed by atoms with E-state index in [1.54, 1.807) is 6.33 Å². The topological polar surface area (TPSA) is 77.2 Å². The Balaban J connectivity index is 1.38. The van der Waals surface area contributed by atoms with Gasteiger partial charge in [0.05, 0.1) is 5.39 Å². The molecule has 1 amide bonds. The van der Waals surface area contributed by atoms with Crippen molar-refractivity contribution in [1.29, 1.82) is 0 Å². The molecule has 2 aromatic heterocycles. The number of amides is 1. The van der Waals surface area contributed by atoms with Crippen molar-refractivity contribution >= 4 is 22.8 Å². The third-order valence-corrected chi connectivity index (χ3v) is 6.28. The van der Waals surface area contributed by atoms with E-state index in [2.05, 4.69) is 30.1 Å². The number of rotatable bonds is 2. The highest BCUT2D eigenvalue weighted by atomic mass is 16.2. The van der Waals surface area contributed by atoms with Crippen LogP contribution in [0.25, 0.3) is 11.0 Å². The van der Waals surface area contributed by atoms with Gasteiger partial charge in [0.15, 0.2) is 0 Å². The van der Waals surface area contributed by atoms with E-state index in [-0.39, 0.29) is 11.3 Å². The van der Waals surface area contributed by atoms with Crippen LogP contribution in [0.4, 0.5) is 5.82 Å². The van der Waals surface area contributed by atoms with Gasteiger partial charge in [0.1, 0.15) is 17.8 Å². The Labute approximate surface area is 153 Å². The predicted octanol–water partition coefficient (Wildman–Crippen LogP) is 1.39. The second-order valence-corrected chi connectivity index (χ2v) is 8.14. The number of anilines is 1. The number of fused-ring (bicyclic) bond motifs is 1. The van der Waals surface area contributed by atoms with E-state index >= 15 is 0 Å². The smallest absolute Gasteiger partial charge is 0.225 e. The summed E-state index contributed by atoms with van der Waals surface area (Å²) >= 11 is 0. The molecule has 0 radical (unpaired) electrons. The van der Waals surface area contributed by atoms with E-state index < -0.39 is 0 Å². The third-order valence-electron chi connectivity index (χ3n) is 6.28. The molecule has 26 heavy (non-hydrogen) atoms. The second-order valence-electron chi connectivity index (χ2n) is 8.14. The summed E-state index contributed by atoms with van der Waals surface area (Å²) in [6.07, 6.45) is 7.92. The first-order chi connectivity index (χ1) is 12.7. The van der Waals surface area contributed by atoms with Gasteiger partial charge in [0.25, 0.3) is 0 Å². The number of carbonyl (C=O) groups excluding carboxylic acids is 1. The zero-order chi connectivity index (χ0) is 17.6. The van der Waals surface area contributed by atoms with Gasteiger partial charge in [0, 0.05) is 43.7 Å². The van der Waals surface area contributed by atoms with Crippen LogP contribution in [-0.4, -0.2) is 65.0 Å². The molecule has 1 saturated carbocycles. The van der Waals surface area contributed by atoms with Gasteiger partial charge in [0.2, 0.25) is 5.91 Å². The molecule has 138 valence electrons. The fraction of sp³-hybridized carbons (Fsp3) is 0.632. The molecule has 0 unspecified atom stereocenters. The fourth-order valence-corrected chi connectivity index (χ4v) is 4.56. The highest BCUT2D eigenvalue weighted by Crippen LogP contribution is 2.48. The number of hydrogen-bond donors (Lipinski definition) is 2. The normalized spacial score (nSPS) is 23.4. The average molecular weight is 354 g/mol. The first-order valence-electron chi connectivity index (χ1n) is 9.77. The Morgan fingerprint density at radius 2 is 2.00 bits per heavy atom. The lowest BCUT2D eigenvalue weighted by molar-refractivity contribution is -0.136.